The van der Waals surface area contributed by atoms with Crippen molar-refractivity contribution in [3.05, 3.63) is 95.6 Å². The molecule has 2 bridgehead atoms. The Hall–Kier alpha value is -3.62. The van der Waals surface area contributed by atoms with Crippen LogP contribution < -0.4 is 0 Å². The van der Waals surface area contributed by atoms with Gasteiger partial charge >= 0.3 is 0 Å². The Balaban J connectivity index is 1.67. The van der Waals surface area contributed by atoms with Crippen molar-refractivity contribution in [2.24, 2.45) is 34.0 Å². The number of allylic oxidation sites excluding steroid dienone is 4. The van der Waals surface area contributed by atoms with Gasteiger partial charge in [0.05, 0.1) is 16.2 Å². The quantitative estimate of drug-likeness (QED) is 0.389. The second-order valence-electron chi connectivity index (χ2n) is 10.4. The van der Waals surface area contributed by atoms with Crippen LogP contribution in [0, 0.1) is 57.7 Å². The summed E-state index contributed by atoms with van der Waals surface area (Å²) >= 11 is 0. The summed E-state index contributed by atoms with van der Waals surface area (Å²) in [4.78, 5) is 27.6. The van der Waals surface area contributed by atoms with Crippen LogP contribution in [0.2, 0.25) is 0 Å². The van der Waals surface area contributed by atoms with Crippen molar-refractivity contribution in [1.82, 2.24) is 0 Å². The number of rotatable bonds is 0. The maximum atomic E-state index is 14.0. The van der Waals surface area contributed by atoms with E-state index in [-0.39, 0.29) is 29.3 Å². The summed E-state index contributed by atoms with van der Waals surface area (Å²) in [6.45, 7) is 7.78. The van der Waals surface area contributed by atoms with E-state index in [9.17, 15) is 9.59 Å². The molecule has 0 aromatic heterocycles. The predicted molar refractivity (Wildman–Crippen MR) is 134 cm³/mol. The molecule has 4 aliphatic rings. The Morgan fingerprint density at radius 1 is 0.735 bits per heavy atom. The van der Waals surface area contributed by atoms with Crippen molar-refractivity contribution in [1.29, 1.82) is 0 Å². The van der Waals surface area contributed by atoms with Crippen molar-refractivity contribution in [2.45, 2.75) is 27.7 Å². The van der Waals surface area contributed by atoms with E-state index in [0.29, 0.717) is 5.57 Å². The third-order valence-corrected chi connectivity index (χ3v) is 8.15. The average Bonchev–Trinajstić information content (AvgIpc) is 2.85. The molecule has 2 nitrogen and oxygen atoms in total. The van der Waals surface area contributed by atoms with Crippen LogP contribution in [-0.2, 0) is 9.59 Å². The standard InChI is InChI=1S/C32H28O2/c1-22-21-26-27(32(4,28(22)33)19-16-24-13-9-6-10-14-24)25-17-20-31(26,3)29(34)30(25,2)18-15-23-11-7-5-8-12-23/h5-14,17,20-21,25-27H,1-4H3/t25-,26-,27-,30+,31+,32-/m0/s1. The highest BCUT2D eigenvalue weighted by molar-refractivity contribution is 6.05. The Kier molecular flexibility index (Phi) is 5.03. The number of ketones is 2. The fraction of sp³-hybridized carbons (Fsp3) is 0.312. The molecule has 2 aromatic rings. The highest BCUT2D eigenvalue weighted by atomic mass is 16.1. The minimum atomic E-state index is -0.910. The molecule has 0 unspecified atom stereocenters. The third kappa shape index (κ3) is 3.13. The zero-order valence-corrected chi connectivity index (χ0v) is 20.1. The van der Waals surface area contributed by atoms with Crippen molar-refractivity contribution in [2.75, 3.05) is 0 Å². The molecule has 4 aliphatic carbocycles. The molecule has 0 amide bonds. The molecular formula is C32H28O2. The summed E-state index contributed by atoms with van der Waals surface area (Å²) in [6, 6.07) is 19.5. The van der Waals surface area contributed by atoms with Crippen LogP contribution in [0.3, 0.4) is 0 Å². The fourth-order valence-electron chi connectivity index (χ4n) is 6.25. The van der Waals surface area contributed by atoms with Gasteiger partial charge in [0.25, 0.3) is 0 Å². The first-order chi connectivity index (χ1) is 16.2. The van der Waals surface area contributed by atoms with Gasteiger partial charge in [-0.2, -0.15) is 0 Å². The highest BCUT2D eigenvalue weighted by Gasteiger charge is 2.67. The molecule has 0 heterocycles. The van der Waals surface area contributed by atoms with Gasteiger partial charge < -0.3 is 0 Å². The molecular weight excluding hydrogens is 416 g/mol. The molecule has 0 spiro atoms. The summed E-state index contributed by atoms with van der Waals surface area (Å²) in [5, 5.41) is 0. The van der Waals surface area contributed by atoms with Crippen molar-refractivity contribution in [3.63, 3.8) is 0 Å². The number of carbonyl (C=O) groups excluding carboxylic acids is 2. The Bertz CT molecular complexity index is 1360. The average molecular weight is 445 g/mol. The molecule has 2 heteroatoms. The molecule has 168 valence electrons. The van der Waals surface area contributed by atoms with E-state index in [1.807, 2.05) is 94.4 Å². The van der Waals surface area contributed by atoms with Gasteiger partial charge in [0.2, 0.25) is 0 Å². The second kappa shape index (κ2) is 7.72. The van der Waals surface area contributed by atoms with Crippen LogP contribution in [-0.4, -0.2) is 11.6 Å². The van der Waals surface area contributed by atoms with Crippen LogP contribution in [0.25, 0.3) is 0 Å². The molecule has 6 atom stereocenters. The lowest BCUT2D eigenvalue weighted by molar-refractivity contribution is -0.154. The van der Waals surface area contributed by atoms with E-state index in [0.717, 1.165) is 11.1 Å². The molecule has 34 heavy (non-hydrogen) atoms. The first-order valence-corrected chi connectivity index (χ1v) is 11.8. The largest absolute Gasteiger partial charge is 0.297 e. The Labute approximate surface area is 202 Å². The lowest BCUT2D eigenvalue weighted by Crippen LogP contribution is -2.64. The molecule has 0 saturated heterocycles. The SMILES string of the molecule is CC1=C[C@H]2[C@H]([C@@H]3C=C[C@@]2(C)C(=O)[C@]3(C)C#Cc2ccccc2)[C@](C)(C#Cc2ccccc2)C1=O. The summed E-state index contributed by atoms with van der Waals surface area (Å²) in [6.07, 6.45) is 6.21. The summed E-state index contributed by atoms with van der Waals surface area (Å²) in [5.74, 6) is 13.0. The molecule has 0 N–H and O–H groups in total. The topological polar surface area (TPSA) is 34.1 Å². The molecule has 6 rings (SSSR count). The van der Waals surface area contributed by atoms with E-state index in [1.165, 1.54) is 0 Å². The minimum Gasteiger partial charge on any atom is -0.297 e. The summed E-state index contributed by atoms with van der Waals surface area (Å²) in [5.41, 5.74) is -0.0753. The monoisotopic (exact) mass is 444 g/mol. The van der Waals surface area contributed by atoms with Gasteiger partial charge in [0, 0.05) is 17.0 Å². The molecule has 1 fully saturated rings. The van der Waals surface area contributed by atoms with Crippen LogP contribution in [0.4, 0.5) is 0 Å². The van der Waals surface area contributed by atoms with E-state index in [4.69, 9.17) is 0 Å². The molecule has 2 aromatic carbocycles. The van der Waals surface area contributed by atoms with Crippen molar-refractivity contribution >= 4 is 11.6 Å². The maximum absolute atomic E-state index is 14.0. The first-order valence-electron chi connectivity index (χ1n) is 11.8. The van der Waals surface area contributed by atoms with Crippen LogP contribution in [0.1, 0.15) is 38.8 Å². The number of benzene rings is 2. The van der Waals surface area contributed by atoms with Crippen molar-refractivity contribution in [3.8, 4) is 23.7 Å². The minimum absolute atomic E-state index is 0.0487. The van der Waals surface area contributed by atoms with E-state index < -0.39 is 16.2 Å². The lowest BCUT2D eigenvalue weighted by Gasteiger charge is -2.60. The number of fused-ring (bicyclic) bond motifs is 1. The molecule has 0 aliphatic heterocycles. The third-order valence-electron chi connectivity index (χ3n) is 8.15. The second-order valence-corrected chi connectivity index (χ2v) is 10.4. The zero-order chi connectivity index (χ0) is 24.1. The fourth-order valence-corrected chi connectivity index (χ4v) is 6.25. The van der Waals surface area contributed by atoms with Gasteiger partial charge in [-0.3, -0.25) is 9.59 Å². The Morgan fingerprint density at radius 3 is 1.82 bits per heavy atom. The van der Waals surface area contributed by atoms with Crippen LogP contribution in [0.15, 0.2) is 84.5 Å². The summed E-state index contributed by atoms with van der Waals surface area (Å²) in [7, 11) is 0. The van der Waals surface area contributed by atoms with E-state index in [1.54, 1.807) is 0 Å². The highest BCUT2D eigenvalue weighted by Crippen LogP contribution is 2.64. The smallest absolute Gasteiger partial charge is 0.176 e. The first kappa shape index (κ1) is 22.2. The van der Waals surface area contributed by atoms with Gasteiger partial charge in [-0.1, -0.05) is 78.3 Å². The lowest BCUT2D eigenvalue weighted by atomic mass is 9.40. The number of Topliss-reactive ketones (excluding diaryl/α,β-unsaturated/α-hetero) is 2. The van der Waals surface area contributed by atoms with Gasteiger partial charge in [-0.25, -0.2) is 0 Å². The number of carbonyl (C=O) groups is 2. The van der Waals surface area contributed by atoms with Gasteiger partial charge in [-0.05, 0) is 69.4 Å². The van der Waals surface area contributed by atoms with Gasteiger partial charge in [0.15, 0.2) is 11.6 Å². The predicted octanol–water partition coefficient (Wildman–Crippen LogP) is 5.64. The van der Waals surface area contributed by atoms with Gasteiger partial charge in [-0.15, -0.1) is 0 Å². The number of hydrogen-bond donors (Lipinski definition) is 0. The van der Waals surface area contributed by atoms with E-state index in [2.05, 4.69) is 35.8 Å². The Morgan fingerprint density at radius 2 is 1.26 bits per heavy atom. The zero-order valence-electron chi connectivity index (χ0n) is 20.1. The molecule has 0 radical (unpaired) electrons. The summed E-state index contributed by atoms with van der Waals surface area (Å²) < 4.78 is 0. The number of hydrogen-bond acceptors (Lipinski definition) is 2. The van der Waals surface area contributed by atoms with Crippen molar-refractivity contribution < 1.29 is 9.59 Å². The normalized spacial score (nSPS) is 35.4. The van der Waals surface area contributed by atoms with Gasteiger partial charge in [0.1, 0.15) is 0 Å². The molecule has 1 saturated carbocycles. The van der Waals surface area contributed by atoms with Crippen LogP contribution in [0.5, 0.6) is 0 Å². The maximum Gasteiger partial charge on any atom is 0.176 e. The van der Waals surface area contributed by atoms with Crippen LogP contribution >= 0.6 is 0 Å². The van der Waals surface area contributed by atoms with E-state index >= 15 is 0 Å².